The van der Waals surface area contributed by atoms with Gasteiger partial charge in [0.05, 0.1) is 18.8 Å². The minimum atomic E-state index is -1.25. The molecule has 0 radical (unpaired) electrons. The summed E-state index contributed by atoms with van der Waals surface area (Å²) in [6, 6.07) is -0.979. The van der Waals surface area contributed by atoms with Crippen LogP contribution in [0.25, 0.3) is 0 Å². The second-order valence-corrected chi connectivity index (χ2v) is 12.2. The maximum absolute atomic E-state index is 12.3. The van der Waals surface area contributed by atoms with Gasteiger partial charge in [-0.2, -0.15) is 0 Å². The van der Waals surface area contributed by atoms with Gasteiger partial charge in [0.25, 0.3) is 0 Å². The predicted molar refractivity (Wildman–Crippen MR) is 173 cm³/mol. The Balaban J connectivity index is 3.61. The van der Waals surface area contributed by atoms with E-state index in [-0.39, 0.29) is 0 Å². The summed E-state index contributed by atoms with van der Waals surface area (Å²) in [5.41, 5.74) is 0. The number of carbonyl (C=O) groups is 1. The predicted octanol–water partition coefficient (Wildman–Crippen LogP) is 7.89. The fraction of sp³-hybridized carbons (Fsp3) is 0.914. The highest BCUT2D eigenvalue weighted by Gasteiger charge is 2.28. The van der Waals surface area contributed by atoms with E-state index in [1.54, 1.807) is 0 Å². The van der Waals surface area contributed by atoms with Crippen molar-refractivity contribution in [1.82, 2.24) is 5.32 Å². The molecule has 4 unspecified atom stereocenters. The van der Waals surface area contributed by atoms with E-state index in [1.807, 2.05) is 0 Å². The highest BCUT2D eigenvalue weighted by Crippen LogP contribution is 2.14. The molecule has 6 heteroatoms. The van der Waals surface area contributed by atoms with Crippen LogP contribution in [0.15, 0.2) is 12.2 Å². The molecular formula is C35H69NO5. The average Bonchev–Trinajstić information content (AvgIpc) is 2.97. The van der Waals surface area contributed by atoms with Gasteiger partial charge in [0, 0.05) is 0 Å². The van der Waals surface area contributed by atoms with Crippen LogP contribution in [0.2, 0.25) is 0 Å². The molecule has 4 atom stereocenters. The molecule has 0 saturated heterocycles. The van der Waals surface area contributed by atoms with E-state index in [9.17, 15) is 25.2 Å². The zero-order valence-electron chi connectivity index (χ0n) is 27.0. The summed E-state index contributed by atoms with van der Waals surface area (Å²) in [6.07, 6.45) is 30.4. The maximum Gasteiger partial charge on any atom is 0.249 e. The lowest BCUT2D eigenvalue weighted by Gasteiger charge is -2.27. The summed E-state index contributed by atoms with van der Waals surface area (Å²) < 4.78 is 0. The molecule has 0 rings (SSSR count). The van der Waals surface area contributed by atoms with Gasteiger partial charge < -0.3 is 25.7 Å². The van der Waals surface area contributed by atoms with Gasteiger partial charge in [-0.3, -0.25) is 4.79 Å². The largest absolute Gasteiger partial charge is 0.394 e. The number of rotatable bonds is 31. The minimum absolute atomic E-state index is 0.362. The number of aliphatic hydroxyl groups is 4. The second-order valence-electron chi connectivity index (χ2n) is 12.2. The monoisotopic (exact) mass is 584 g/mol. The molecule has 0 spiro atoms. The standard InChI is InChI=1S/C35H69NO5/c1-3-5-7-8-9-10-11-12-13-14-15-16-17-18-19-20-21-22-23-24-25-27-29-33(39)35(41)36-31(30-37)34(40)32(38)28-26-6-4-2/h18-19,31-34,37-40H,3-17,20-30H2,1-2H3,(H,36,41)/b19-18-. The van der Waals surface area contributed by atoms with Crippen LogP contribution in [0, 0.1) is 0 Å². The number of aliphatic hydroxyl groups excluding tert-OH is 4. The lowest BCUT2D eigenvalue weighted by molar-refractivity contribution is -0.132. The third-order valence-electron chi connectivity index (χ3n) is 8.23. The van der Waals surface area contributed by atoms with Crippen molar-refractivity contribution in [2.24, 2.45) is 0 Å². The molecule has 0 fully saturated rings. The van der Waals surface area contributed by atoms with Crippen molar-refractivity contribution in [3.05, 3.63) is 12.2 Å². The van der Waals surface area contributed by atoms with Gasteiger partial charge in [0.15, 0.2) is 0 Å². The summed E-state index contributed by atoms with van der Waals surface area (Å²) >= 11 is 0. The highest BCUT2D eigenvalue weighted by atomic mass is 16.3. The molecule has 0 aliphatic heterocycles. The van der Waals surface area contributed by atoms with E-state index in [1.165, 1.54) is 103 Å². The molecule has 5 N–H and O–H groups in total. The molecule has 0 saturated carbocycles. The first-order valence-electron chi connectivity index (χ1n) is 17.6. The van der Waals surface area contributed by atoms with Crippen LogP contribution >= 0.6 is 0 Å². The highest BCUT2D eigenvalue weighted by molar-refractivity contribution is 5.80. The van der Waals surface area contributed by atoms with Gasteiger partial charge in [-0.1, -0.05) is 148 Å². The Morgan fingerprint density at radius 3 is 1.44 bits per heavy atom. The number of hydrogen-bond acceptors (Lipinski definition) is 5. The van der Waals surface area contributed by atoms with Gasteiger partial charge in [-0.15, -0.1) is 0 Å². The van der Waals surface area contributed by atoms with Crippen molar-refractivity contribution in [3.63, 3.8) is 0 Å². The first-order valence-corrected chi connectivity index (χ1v) is 17.6. The fourth-order valence-electron chi connectivity index (χ4n) is 5.34. The van der Waals surface area contributed by atoms with Crippen LogP contribution < -0.4 is 5.32 Å². The Bertz CT molecular complexity index is 585. The van der Waals surface area contributed by atoms with Gasteiger partial charge >= 0.3 is 0 Å². The normalized spacial score (nSPS) is 14.8. The molecule has 244 valence electrons. The topological polar surface area (TPSA) is 110 Å². The Labute approximate surface area is 253 Å². The van der Waals surface area contributed by atoms with E-state index in [2.05, 4.69) is 31.3 Å². The van der Waals surface area contributed by atoms with E-state index in [0.717, 1.165) is 44.9 Å². The molecule has 0 aromatic heterocycles. The lowest BCUT2D eigenvalue weighted by atomic mass is 10.00. The zero-order valence-corrected chi connectivity index (χ0v) is 27.0. The van der Waals surface area contributed by atoms with Crippen molar-refractivity contribution in [1.29, 1.82) is 0 Å². The third-order valence-corrected chi connectivity index (χ3v) is 8.23. The summed E-state index contributed by atoms with van der Waals surface area (Å²) in [4.78, 5) is 12.3. The van der Waals surface area contributed by atoms with Crippen LogP contribution in [0.4, 0.5) is 0 Å². The van der Waals surface area contributed by atoms with Crippen molar-refractivity contribution < 1.29 is 25.2 Å². The Morgan fingerprint density at radius 1 is 0.585 bits per heavy atom. The number of nitrogens with one attached hydrogen (secondary N) is 1. The lowest BCUT2D eigenvalue weighted by Crippen LogP contribution is -2.53. The van der Waals surface area contributed by atoms with Crippen molar-refractivity contribution in [3.8, 4) is 0 Å². The van der Waals surface area contributed by atoms with Crippen LogP contribution in [0.5, 0.6) is 0 Å². The molecule has 41 heavy (non-hydrogen) atoms. The maximum atomic E-state index is 12.3. The minimum Gasteiger partial charge on any atom is -0.394 e. The third kappa shape index (κ3) is 25.3. The summed E-state index contributed by atoms with van der Waals surface area (Å²) in [7, 11) is 0. The number of unbranched alkanes of at least 4 members (excludes halogenated alkanes) is 20. The number of amides is 1. The van der Waals surface area contributed by atoms with E-state index >= 15 is 0 Å². The van der Waals surface area contributed by atoms with Gasteiger partial charge in [0.2, 0.25) is 5.91 Å². The smallest absolute Gasteiger partial charge is 0.249 e. The molecule has 0 aliphatic carbocycles. The summed E-state index contributed by atoms with van der Waals surface area (Å²) in [5, 5.41) is 42.6. The molecule has 0 aromatic rings. The average molecular weight is 584 g/mol. The molecule has 0 aliphatic rings. The molecule has 0 bridgehead atoms. The van der Waals surface area contributed by atoms with E-state index in [4.69, 9.17) is 0 Å². The van der Waals surface area contributed by atoms with Gasteiger partial charge in [-0.25, -0.2) is 0 Å². The molecule has 1 amide bonds. The van der Waals surface area contributed by atoms with Crippen molar-refractivity contribution in [2.45, 2.75) is 199 Å². The van der Waals surface area contributed by atoms with Crippen LogP contribution in [-0.2, 0) is 4.79 Å². The Hall–Kier alpha value is -0.950. The Kier molecular flexibility index (Phi) is 29.8. The van der Waals surface area contributed by atoms with E-state index in [0.29, 0.717) is 12.8 Å². The zero-order chi connectivity index (χ0) is 30.4. The molecule has 0 heterocycles. The molecule has 0 aromatic carbocycles. The van der Waals surface area contributed by atoms with Crippen molar-refractivity contribution >= 4 is 5.91 Å². The first kappa shape index (κ1) is 40.1. The van der Waals surface area contributed by atoms with E-state index < -0.39 is 36.9 Å². The summed E-state index contributed by atoms with van der Waals surface area (Å²) in [5.74, 6) is -0.598. The Morgan fingerprint density at radius 2 is 0.976 bits per heavy atom. The number of allylic oxidation sites excluding steroid dienone is 2. The number of carbonyl (C=O) groups excluding carboxylic acids is 1. The van der Waals surface area contributed by atoms with Crippen LogP contribution in [-0.4, -0.2) is 57.3 Å². The van der Waals surface area contributed by atoms with Gasteiger partial charge in [-0.05, 0) is 38.5 Å². The molecule has 6 nitrogen and oxygen atoms in total. The quantitative estimate of drug-likeness (QED) is 0.0421. The molecular weight excluding hydrogens is 514 g/mol. The summed E-state index contributed by atoms with van der Waals surface area (Å²) in [6.45, 7) is 3.85. The second kappa shape index (κ2) is 30.5. The SMILES string of the molecule is CCCCCCCCCCCCCC/C=C\CCCCCCCCC(O)C(=O)NC(CO)C(O)C(O)CCCCC. The fourth-order valence-corrected chi connectivity index (χ4v) is 5.34. The van der Waals surface area contributed by atoms with Gasteiger partial charge in [0.1, 0.15) is 12.2 Å². The first-order chi connectivity index (χ1) is 20.0. The van der Waals surface area contributed by atoms with Crippen LogP contribution in [0.1, 0.15) is 174 Å². The number of hydrogen-bond donors (Lipinski definition) is 5. The van der Waals surface area contributed by atoms with Crippen molar-refractivity contribution in [2.75, 3.05) is 6.61 Å². The van der Waals surface area contributed by atoms with Crippen LogP contribution in [0.3, 0.4) is 0 Å².